The highest BCUT2D eigenvalue weighted by molar-refractivity contribution is 5.94. The molecule has 0 aliphatic heterocycles. The molecule has 0 bridgehead atoms. The third kappa shape index (κ3) is 5.04. The molecule has 0 unspecified atom stereocenters. The maximum atomic E-state index is 12.0. The van der Waals surface area contributed by atoms with Crippen LogP contribution >= 0.6 is 0 Å². The fraction of sp³-hybridized carbons (Fsp3) is 0.375. The van der Waals surface area contributed by atoms with Gasteiger partial charge in [0.15, 0.2) is 0 Å². The van der Waals surface area contributed by atoms with E-state index >= 15 is 0 Å². The van der Waals surface area contributed by atoms with Gasteiger partial charge in [-0.05, 0) is 43.5 Å². The molecule has 0 aliphatic rings. The zero-order valence-electron chi connectivity index (χ0n) is 12.2. The van der Waals surface area contributed by atoms with Crippen molar-refractivity contribution in [3.8, 4) is 0 Å². The molecule has 112 valence electrons. The second-order valence-corrected chi connectivity index (χ2v) is 5.00. The van der Waals surface area contributed by atoms with Gasteiger partial charge in [-0.15, -0.1) is 0 Å². The first-order valence-corrected chi connectivity index (χ1v) is 7.32. The maximum absolute atomic E-state index is 12.0. The number of rotatable bonds is 8. The van der Waals surface area contributed by atoms with Gasteiger partial charge in [-0.25, -0.2) is 4.98 Å². The van der Waals surface area contributed by atoms with Gasteiger partial charge in [0.05, 0.1) is 6.33 Å². The van der Waals surface area contributed by atoms with E-state index in [1.165, 1.54) is 0 Å². The Hall–Kier alpha value is -2.14. The molecule has 0 atom stereocenters. The number of hydrogen-bond donors (Lipinski definition) is 2. The van der Waals surface area contributed by atoms with E-state index in [0.717, 1.165) is 31.4 Å². The summed E-state index contributed by atoms with van der Waals surface area (Å²) in [5.74, 6) is -0.0167. The van der Waals surface area contributed by atoms with Crippen LogP contribution in [0.25, 0.3) is 0 Å². The molecule has 3 N–H and O–H groups in total. The molecule has 5 heteroatoms. The summed E-state index contributed by atoms with van der Waals surface area (Å²) in [4.78, 5) is 15.9. The van der Waals surface area contributed by atoms with E-state index in [4.69, 9.17) is 5.73 Å². The fourth-order valence-corrected chi connectivity index (χ4v) is 2.13. The van der Waals surface area contributed by atoms with E-state index in [1.807, 2.05) is 41.4 Å². The molecule has 2 rings (SSSR count). The van der Waals surface area contributed by atoms with Crippen LogP contribution in [-0.2, 0) is 13.0 Å². The van der Waals surface area contributed by atoms with Crippen molar-refractivity contribution < 1.29 is 4.79 Å². The van der Waals surface area contributed by atoms with Crippen molar-refractivity contribution in [1.29, 1.82) is 0 Å². The molecule has 2 aromatic rings. The molecular weight excluding hydrogens is 264 g/mol. The van der Waals surface area contributed by atoms with E-state index < -0.39 is 0 Å². The molecule has 0 radical (unpaired) electrons. The SMILES string of the molecule is NCCc1ccc(C(=O)NCCCCn2ccnc2)cc1. The maximum Gasteiger partial charge on any atom is 0.251 e. The normalized spacial score (nSPS) is 10.5. The summed E-state index contributed by atoms with van der Waals surface area (Å²) in [5.41, 5.74) is 7.36. The first-order valence-electron chi connectivity index (χ1n) is 7.32. The minimum absolute atomic E-state index is 0.0167. The van der Waals surface area contributed by atoms with Gasteiger partial charge >= 0.3 is 0 Å². The van der Waals surface area contributed by atoms with Gasteiger partial charge in [0.25, 0.3) is 5.91 Å². The van der Waals surface area contributed by atoms with Crippen LogP contribution in [0, 0.1) is 0 Å². The summed E-state index contributed by atoms with van der Waals surface area (Å²) < 4.78 is 2.04. The molecule has 1 aromatic heterocycles. The number of imidazole rings is 1. The van der Waals surface area contributed by atoms with Crippen molar-refractivity contribution in [2.45, 2.75) is 25.8 Å². The van der Waals surface area contributed by atoms with Crippen molar-refractivity contribution >= 4 is 5.91 Å². The van der Waals surface area contributed by atoms with Gasteiger partial charge in [0.2, 0.25) is 0 Å². The average molecular weight is 286 g/mol. The lowest BCUT2D eigenvalue weighted by molar-refractivity contribution is 0.0953. The number of aromatic nitrogens is 2. The summed E-state index contributed by atoms with van der Waals surface area (Å²) in [5, 5.41) is 2.94. The van der Waals surface area contributed by atoms with Crippen LogP contribution in [0.3, 0.4) is 0 Å². The lowest BCUT2D eigenvalue weighted by Crippen LogP contribution is -2.24. The Morgan fingerprint density at radius 1 is 1.24 bits per heavy atom. The number of aryl methyl sites for hydroxylation is 1. The quantitative estimate of drug-likeness (QED) is 0.724. The van der Waals surface area contributed by atoms with Gasteiger partial charge < -0.3 is 15.6 Å². The summed E-state index contributed by atoms with van der Waals surface area (Å²) >= 11 is 0. The highest BCUT2D eigenvalue weighted by Gasteiger charge is 2.04. The van der Waals surface area contributed by atoms with Crippen LogP contribution < -0.4 is 11.1 Å². The summed E-state index contributed by atoms with van der Waals surface area (Å²) in [6.45, 7) is 2.25. The smallest absolute Gasteiger partial charge is 0.251 e. The number of unbranched alkanes of at least 4 members (excludes halogenated alkanes) is 1. The van der Waals surface area contributed by atoms with E-state index in [0.29, 0.717) is 18.7 Å². The summed E-state index contributed by atoms with van der Waals surface area (Å²) in [6.07, 6.45) is 8.34. The minimum atomic E-state index is -0.0167. The van der Waals surface area contributed by atoms with E-state index in [1.54, 1.807) is 6.20 Å². The standard InChI is InChI=1S/C16H22N4O/c17-8-7-14-3-5-15(6-4-14)16(21)19-9-1-2-11-20-12-10-18-13-20/h3-6,10,12-13H,1-2,7-9,11,17H2,(H,19,21). The van der Waals surface area contributed by atoms with Crippen LogP contribution in [0.1, 0.15) is 28.8 Å². The van der Waals surface area contributed by atoms with Crippen LogP contribution in [0.15, 0.2) is 43.0 Å². The van der Waals surface area contributed by atoms with Crippen LogP contribution in [0.4, 0.5) is 0 Å². The average Bonchev–Trinajstić information content (AvgIpc) is 3.01. The third-order valence-electron chi connectivity index (χ3n) is 3.34. The zero-order valence-corrected chi connectivity index (χ0v) is 12.2. The first kappa shape index (κ1) is 15.3. The minimum Gasteiger partial charge on any atom is -0.352 e. The largest absolute Gasteiger partial charge is 0.352 e. The van der Waals surface area contributed by atoms with Gasteiger partial charge in [-0.2, -0.15) is 0 Å². The van der Waals surface area contributed by atoms with E-state index in [2.05, 4.69) is 10.3 Å². The lowest BCUT2D eigenvalue weighted by Gasteiger charge is -2.06. The molecule has 0 fully saturated rings. The molecule has 0 spiro atoms. The van der Waals surface area contributed by atoms with Crippen molar-refractivity contribution in [3.63, 3.8) is 0 Å². The zero-order chi connectivity index (χ0) is 14.9. The molecule has 0 saturated heterocycles. The fourth-order valence-electron chi connectivity index (χ4n) is 2.13. The van der Waals surface area contributed by atoms with Gasteiger partial charge in [-0.1, -0.05) is 12.1 Å². The molecule has 0 aliphatic carbocycles. The number of amides is 1. The Labute approximate surface area is 125 Å². The van der Waals surface area contributed by atoms with Crippen LogP contribution in [0.5, 0.6) is 0 Å². The predicted octanol–water partition coefficient (Wildman–Crippen LogP) is 1.59. The molecule has 1 aromatic carbocycles. The summed E-state index contributed by atoms with van der Waals surface area (Å²) in [6, 6.07) is 7.62. The van der Waals surface area contributed by atoms with Crippen molar-refractivity contribution in [2.75, 3.05) is 13.1 Å². The van der Waals surface area contributed by atoms with Gasteiger partial charge in [0.1, 0.15) is 0 Å². The van der Waals surface area contributed by atoms with Crippen molar-refractivity contribution in [1.82, 2.24) is 14.9 Å². The first-order chi connectivity index (χ1) is 10.3. The second-order valence-electron chi connectivity index (χ2n) is 5.00. The Morgan fingerprint density at radius 2 is 2.05 bits per heavy atom. The van der Waals surface area contributed by atoms with Crippen molar-refractivity contribution in [3.05, 3.63) is 54.1 Å². The molecule has 0 saturated carbocycles. The topological polar surface area (TPSA) is 72.9 Å². The lowest BCUT2D eigenvalue weighted by atomic mass is 10.1. The number of nitrogens with zero attached hydrogens (tertiary/aromatic N) is 2. The Balaban J connectivity index is 1.66. The monoisotopic (exact) mass is 286 g/mol. The Morgan fingerprint density at radius 3 is 2.71 bits per heavy atom. The van der Waals surface area contributed by atoms with Gasteiger partial charge in [0, 0.05) is 31.0 Å². The Kier molecular flexibility index (Phi) is 5.97. The second kappa shape index (κ2) is 8.21. The number of benzene rings is 1. The summed E-state index contributed by atoms with van der Waals surface area (Å²) in [7, 11) is 0. The van der Waals surface area contributed by atoms with Crippen LogP contribution in [-0.4, -0.2) is 28.5 Å². The highest BCUT2D eigenvalue weighted by Crippen LogP contribution is 2.05. The molecular formula is C16H22N4O. The van der Waals surface area contributed by atoms with E-state index in [-0.39, 0.29) is 5.91 Å². The number of nitrogens with two attached hydrogens (primary N) is 1. The van der Waals surface area contributed by atoms with Crippen LogP contribution in [0.2, 0.25) is 0 Å². The number of hydrogen-bond acceptors (Lipinski definition) is 3. The van der Waals surface area contributed by atoms with Crippen molar-refractivity contribution in [2.24, 2.45) is 5.73 Å². The molecule has 1 amide bonds. The third-order valence-corrected chi connectivity index (χ3v) is 3.34. The van der Waals surface area contributed by atoms with E-state index in [9.17, 15) is 4.79 Å². The highest BCUT2D eigenvalue weighted by atomic mass is 16.1. The Bertz CT molecular complexity index is 534. The molecule has 21 heavy (non-hydrogen) atoms. The number of nitrogens with one attached hydrogen (secondary N) is 1. The predicted molar refractivity (Wildman–Crippen MR) is 83.0 cm³/mol. The number of carbonyl (C=O) groups is 1. The van der Waals surface area contributed by atoms with Gasteiger partial charge in [-0.3, -0.25) is 4.79 Å². The molecule has 1 heterocycles. The number of carbonyl (C=O) groups excluding carboxylic acids is 1. The molecule has 5 nitrogen and oxygen atoms in total.